The zero-order chi connectivity index (χ0) is 21.7. The molecule has 11 nitrogen and oxygen atoms in total. The van der Waals surface area contributed by atoms with Gasteiger partial charge in [-0.25, -0.2) is 0 Å². The highest BCUT2D eigenvalue weighted by Gasteiger charge is 2.23. The third-order valence-corrected chi connectivity index (χ3v) is 3.80. The summed E-state index contributed by atoms with van der Waals surface area (Å²) < 4.78 is 5.84. The molecule has 11 heteroatoms. The first-order valence-electron chi connectivity index (χ1n) is 8.34. The van der Waals surface area contributed by atoms with Crippen molar-refractivity contribution in [2.75, 3.05) is 28.4 Å². The van der Waals surface area contributed by atoms with Crippen LogP contribution in [0.1, 0.15) is 0 Å². The van der Waals surface area contributed by atoms with Gasteiger partial charge in [0.2, 0.25) is 16.9 Å². The average Bonchev–Trinajstić information content (AvgIpc) is 2.71. The van der Waals surface area contributed by atoms with E-state index in [1.807, 2.05) is 0 Å². The molecule has 0 fully saturated rings. The molecule has 0 saturated carbocycles. The number of benzene rings is 2. The SMILES string of the molecule is COOc1cc(O)c2c(=O)c(OOC)c(-c3ccc(OOC)c(OOC)c3)oc2c1. The van der Waals surface area contributed by atoms with Gasteiger partial charge in [-0.15, -0.1) is 0 Å². The van der Waals surface area contributed by atoms with E-state index in [1.54, 1.807) is 6.07 Å². The van der Waals surface area contributed by atoms with Gasteiger partial charge in [-0.1, -0.05) is 0 Å². The quantitative estimate of drug-likeness (QED) is 0.404. The molecule has 0 aliphatic heterocycles. The van der Waals surface area contributed by atoms with E-state index in [-0.39, 0.29) is 39.7 Å². The van der Waals surface area contributed by atoms with E-state index in [0.29, 0.717) is 5.56 Å². The Labute approximate surface area is 169 Å². The molecule has 0 amide bonds. The van der Waals surface area contributed by atoms with Gasteiger partial charge >= 0.3 is 0 Å². The van der Waals surface area contributed by atoms with Crippen LogP contribution in [0.5, 0.6) is 28.7 Å². The van der Waals surface area contributed by atoms with E-state index in [9.17, 15) is 9.90 Å². The van der Waals surface area contributed by atoms with Crippen LogP contribution in [-0.2, 0) is 19.6 Å². The van der Waals surface area contributed by atoms with Gasteiger partial charge in [-0.3, -0.25) is 4.79 Å². The lowest BCUT2D eigenvalue weighted by Crippen LogP contribution is -2.10. The minimum atomic E-state index is -0.680. The summed E-state index contributed by atoms with van der Waals surface area (Å²) in [5, 5.41) is 10.1. The van der Waals surface area contributed by atoms with E-state index in [0.717, 1.165) is 0 Å². The summed E-state index contributed by atoms with van der Waals surface area (Å²) in [6.07, 6.45) is 0. The zero-order valence-electron chi connectivity index (χ0n) is 16.4. The molecule has 0 saturated heterocycles. The molecule has 3 aromatic rings. The molecule has 0 atom stereocenters. The molecular formula is C19H18O11. The lowest BCUT2D eigenvalue weighted by Gasteiger charge is -2.12. The maximum Gasteiger partial charge on any atom is 0.256 e. The van der Waals surface area contributed by atoms with Crippen LogP contribution in [0.25, 0.3) is 22.3 Å². The third kappa shape index (κ3) is 4.09. The van der Waals surface area contributed by atoms with E-state index >= 15 is 0 Å². The first kappa shape index (κ1) is 21.2. The van der Waals surface area contributed by atoms with Crippen molar-refractivity contribution in [1.29, 1.82) is 0 Å². The molecule has 0 spiro atoms. The van der Waals surface area contributed by atoms with Crippen LogP contribution >= 0.6 is 0 Å². The fraction of sp³-hybridized carbons (Fsp3) is 0.211. The second kappa shape index (κ2) is 9.33. The molecular weight excluding hydrogens is 404 g/mol. The monoisotopic (exact) mass is 422 g/mol. The number of hydrogen-bond donors (Lipinski definition) is 1. The molecule has 1 N–H and O–H groups in total. The Bertz CT molecular complexity index is 1090. The summed E-state index contributed by atoms with van der Waals surface area (Å²) in [6, 6.07) is 7.07. The largest absolute Gasteiger partial charge is 0.507 e. The van der Waals surface area contributed by atoms with Gasteiger partial charge in [-0.05, 0) is 18.2 Å². The second-order valence-corrected chi connectivity index (χ2v) is 5.57. The first-order valence-corrected chi connectivity index (χ1v) is 8.34. The Hall–Kier alpha value is -3.51. The summed E-state index contributed by atoms with van der Waals surface area (Å²) in [4.78, 5) is 51.6. The van der Waals surface area contributed by atoms with Crippen LogP contribution < -0.4 is 25.0 Å². The van der Waals surface area contributed by atoms with Gasteiger partial charge in [-0.2, -0.15) is 19.6 Å². The van der Waals surface area contributed by atoms with Gasteiger partial charge in [0, 0.05) is 17.7 Å². The number of fused-ring (bicyclic) bond motifs is 1. The maximum absolute atomic E-state index is 13.0. The Morgan fingerprint density at radius 2 is 1.47 bits per heavy atom. The van der Waals surface area contributed by atoms with Crippen LogP contribution in [0.4, 0.5) is 0 Å². The van der Waals surface area contributed by atoms with Crippen molar-refractivity contribution in [3.05, 3.63) is 40.6 Å². The molecule has 0 radical (unpaired) electrons. The number of aromatic hydroxyl groups is 1. The highest BCUT2D eigenvalue weighted by atomic mass is 17.2. The highest BCUT2D eigenvalue weighted by Crippen LogP contribution is 2.39. The summed E-state index contributed by atoms with van der Waals surface area (Å²) in [6.45, 7) is 0. The predicted octanol–water partition coefficient (Wildman–Crippen LogP) is 2.93. The lowest BCUT2D eigenvalue weighted by molar-refractivity contribution is -0.201. The second-order valence-electron chi connectivity index (χ2n) is 5.57. The summed E-state index contributed by atoms with van der Waals surface area (Å²) in [5.41, 5.74) is -0.327. The van der Waals surface area contributed by atoms with Crippen LogP contribution in [0.15, 0.2) is 39.5 Å². The van der Waals surface area contributed by atoms with Gasteiger partial charge in [0.15, 0.2) is 11.5 Å². The molecule has 0 aliphatic carbocycles. The Balaban J connectivity index is 2.27. The van der Waals surface area contributed by atoms with Crippen molar-refractivity contribution < 1.29 is 48.6 Å². The fourth-order valence-corrected chi connectivity index (χ4v) is 2.71. The van der Waals surface area contributed by atoms with Crippen LogP contribution in [0.3, 0.4) is 0 Å². The van der Waals surface area contributed by atoms with Crippen molar-refractivity contribution >= 4 is 11.0 Å². The topological polar surface area (TPSA) is 124 Å². The standard InChI is InChI=1S/C19H18O11/c1-22-27-11-8-12(20)16-15(9-11)26-18(19(17(16)21)30-25-4)10-5-6-13(28-23-2)14(7-10)29-24-3/h5-9,20H,1-4H3. The average molecular weight is 422 g/mol. The molecule has 0 aliphatic rings. The first-order chi connectivity index (χ1) is 14.5. The van der Waals surface area contributed by atoms with E-state index in [1.165, 1.54) is 52.7 Å². The summed E-state index contributed by atoms with van der Waals surface area (Å²) in [5.74, 6) is -0.272. The third-order valence-electron chi connectivity index (χ3n) is 3.80. The smallest absolute Gasteiger partial charge is 0.256 e. The number of phenols is 1. The summed E-state index contributed by atoms with van der Waals surface area (Å²) in [7, 11) is 5.14. The Morgan fingerprint density at radius 1 is 0.800 bits per heavy atom. The minimum absolute atomic E-state index is 0.0110. The number of hydrogen-bond acceptors (Lipinski definition) is 11. The lowest BCUT2D eigenvalue weighted by atomic mass is 10.1. The van der Waals surface area contributed by atoms with Crippen molar-refractivity contribution in [3.63, 3.8) is 0 Å². The van der Waals surface area contributed by atoms with Crippen molar-refractivity contribution in [3.8, 4) is 40.1 Å². The van der Waals surface area contributed by atoms with E-state index in [4.69, 9.17) is 24.0 Å². The molecule has 0 unspecified atom stereocenters. The Kier molecular flexibility index (Phi) is 6.59. The van der Waals surface area contributed by atoms with E-state index in [2.05, 4.69) is 19.6 Å². The van der Waals surface area contributed by atoms with Crippen LogP contribution in [0, 0.1) is 0 Å². The van der Waals surface area contributed by atoms with Crippen molar-refractivity contribution in [2.24, 2.45) is 0 Å². The van der Waals surface area contributed by atoms with Gasteiger partial charge < -0.3 is 29.1 Å². The zero-order valence-corrected chi connectivity index (χ0v) is 16.4. The highest BCUT2D eigenvalue weighted by molar-refractivity contribution is 5.88. The normalized spacial score (nSPS) is 10.8. The minimum Gasteiger partial charge on any atom is -0.507 e. The van der Waals surface area contributed by atoms with Crippen molar-refractivity contribution in [1.82, 2.24) is 0 Å². The molecule has 160 valence electrons. The van der Waals surface area contributed by atoms with Gasteiger partial charge in [0.05, 0.1) is 28.4 Å². The van der Waals surface area contributed by atoms with Crippen molar-refractivity contribution in [2.45, 2.75) is 0 Å². The molecule has 1 aromatic heterocycles. The summed E-state index contributed by atoms with van der Waals surface area (Å²) >= 11 is 0. The van der Waals surface area contributed by atoms with E-state index < -0.39 is 11.2 Å². The molecule has 3 rings (SSSR count). The van der Waals surface area contributed by atoms with Gasteiger partial charge in [0.1, 0.15) is 16.7 Å². The fourth-order valence-electron chi connectivity index (χ4n) is 2.71. The van der Waals surface area contributed by atoms with Gasteiger partial charge in [0.25, 0.3) is 5.75 Å². The Morgan fingerprint density at radius 3 is 2.13 bits per heavy atom. The molecule has 1 heterocycles. The van der Waals surface area contributed by atoms with Crippen LogP contribution in [0.2, 0.25) is 0 Å². The molecule has 0 bridgehead atoms. The predicted molar refractivity (Wildman–Crippen MR) is 100 cm³/mol. The number of rotatable bonds is 9. The molecule has 30 heavy (non-hydrogen) atoms. The number of phenolic OH excluding ortho intramolecular Hbond substituents is 1. The molecule has 2 aromatic carbocycles. The maximum atomic E-state index is 13.0. The van der Waals surface area contributed by atoms with Crippen LogP contribution in [-0.4, -0.2) is 33.5 Å².